The molecule has 0 aromatic carbocycles. The number of hydrogen-bond acceptors (Lipinski definition) is 6. The largest absolute Gasteiger partial charge is 0.468 e. The van der Waals surface area contributed by atoms with Crippen molar-refractivity contribution in [1.29, 1.82) is 0 Å². The van der Waals surface area contributed by atoms with Crippen molar-refractivity contribution in [3.8, 4) is 0 Å². The van der Waals surface area contributed by atoms with Gasteiger partial charge in [0.2, 0.25) is 11.8 Å². The number of rotatable bonds is 6. The fourth-order valence-electron chi connectivity index (χ4n) is 4.54. The summed E-state index contributed by atoms with van der Waals surface area (Å²) in [5, 5.41) is 8.96. The van der Waals surface area contributed by atoms with E-state index in [2.05, 4.69) is 22.1 Å². The maximum Gasteiger partial charge on any atom is 0.246 e. The summed E-state index contributed by atoms with van der Waals surface area (Å²) < 4.78 is 5.75. The Kier molecular flexibility index (Phi) is 6.77. The van der Waals surface area contributed by atoms with E-state index in [1.807, 2.05) is 44.1 Å². The summed E-state index contributed by atoms with van der Waals surface area (Å²) in [6.07, 6.45) is 10.7. The van der Waals surface area contributed by atoms with Crippen LogP contribution in [-0.4, -0.2) is 47.4 Å². The van der Waals surface area contributed by atoms with E-state index in [-0.39, 0.29) is 29.8 Å². The second-order valence-corrected chi connectivity index (χ2v) is 10.9. The van der Waals surface area contributed by atoms with E-state index in [0.29, 0.717) is 6.54 Å². The predicted octanol–water partition coefficient (Wildman–Crippen LogP) is 3.78. The number of carbonyl (C=O) groups is 2. The standard InChI is InChI=1S/C25H34N4O3S/c1-15(26-5)22(30)28-21(25(2,3)4)24(31)29-12-8-10-19(29)23-27-18(14-33-23)17-13-32-20-11-7-6-9-16(17)20/h6-7,11,13-16,19,21,26H,8-10,12H2,1-5H3,(H,28,30)/t15-,16?,19-,21+/m0/s1. The van der Waals surface area contributed by atoms with Crippen LogP contribution in [0.4, 0.5) is 0 Å². The molecular formula is C25H34N4O3S. The molecule has 0 saturated carbocycles. The monoisotopic (exact) mass is 470 g/mol. The Bertz CT molecular complexity index is 1000. The van der Waals surface area contributed by atoms with Gasteiger partial charge in [0.25, 0.3) is 0 Å². The fourth-order valence-corrected chi connectivity index (χ4v) is 5.51. The molecule has 1 aliphatic carbocycles. The van der Waals surface area contributed by atoms with Gasteiger partial charge in [0.15, 0.2) is 0 Å². The van der Waals surface area contributed by atoms with Gasteiger partial charge in [-0.05, 0) is 44.7 Å². The zero-order chi connectivity index (χ0) is 23.8. The van der Waals surface area contributed by atoms with Gasteiger partial charge in [-0.1, -0.05) is 32.9 Å². The van der Waals surface area contributed by atoms with Crippen LogP contribution in [-0.2, 0) is 14.3 Å². The number of fused-ring (bicyclic) bond motifs is 1. The van der Waals surface area contributed by atoms with Crippen LogP contribution in [0.15, 0.2) is 35.6 Å². The van der Waals surface area contributed by atoms with E-state index in [0.717, 1.165) is 41.3 Å². The number of hydrogen-bond donors (Lipinski definition) is 2. The van der Waals surface area contributed by atoms with Gasteiger partial charge < -0.3 is 20.3 Å². The third kappa shape index (κ3) is 4.77. The summed E-state index contributed by atoms with van der Waals surface area (Å²) in [6, 6.07) is -1.04. The number of nitrogens with one attached hydrogen (secondary N) is 2. The zero-order valence-electron chi connectivity index (χ0n) is 20.1. The van der Waals surface area contributed by atoms with Crippen LogP contribution >= 0.6 is 11.3 Å². The Balaban J connectivity index is 1.53. The van der Waals surface area contributed by atoms with Crippen LogP contribution in [0.5, 0.6) is 0 Å². The summed E-state index contributed by atoms with van der Waals surface area (Å²) in [5.74, 6) is 0.987. The molecule has 2 N–H and O–H groups in total. The molecular weight excluding hydrogens is 436 g/mol. The van der Waals surface area contributed by atoms with Crippen LogP contribution in [0.2, 0.25) is 0 Å². The van der Waals surface area contributed by atoms with Gasteiger partial charge in [-0.3, -0.25) is 9.59 Å². The molecule has 178 valence electrons. The van der Waals surface area contributed by atoms with Gasteiger partial charge in [0, 0.05) is 17.5 Å². The average Bonchev–Trinajstić information content (AvgIpc) is 3.53. The highest BCUT2D eigenvalue weighted by Gasteiger charge is 2.41. The van der Waals surface area contributed by atoms with Crippen LogP contribution in [0.3, 0.4) is 0 Å². The smallest absolute Gasteiger partial charge is 0.246 e. The third-order valence-electron chi connectivity index (χ3n) is 6.67. The Morgan fingerprint density at radius 2 is 2.12 bits per heavy atom. The van der Waals surface area contributed by atoms with Crippen molar-refractivity contribution >= 4 is 28.7 Å². The van der Waals surface area contributed by atoms with Gasteiger partial charge in [-0.25, -0.2) is 4.98 Å². The maximum atomic E-state index is 13.7. The second-order valence-electron chi connectivity index (χ2n) is 10.1. The van der Waals surface area contributed by atoms with Crippen LogP contribution in [0.25, 0.3) is 5.57 Å². The van der Waals surface area contributed by atoms with Crippen molar-refractivity contribution < 1.29 is 14.3 Å². The van der Waals surface area contributed by atoms with Gasteiger partial charge in [0.1, 0.15) is 16.8 Å². The SMILES string of the molecule is CN[C@@H](C)C(=O)N[C@H](C(=O)N1CCC[C@H]1c1nc(C2=COC3=CC=CCC32)cs1)C(C)(C)C. The van der Waals surface area contributed by atoms with E-state index >= 15 is 0 Å². The number of allylic oxidation sites excluding steroid dienone is 4. The molecule has 8 heteroatoms. The van der Waals surface area contributed by atoms with Gasteiger partial charge >= 0.3 is 0 Å². The molecule has 1 saturated heterocycles. The first-order chi connectivity index (χ1) is 15.7. The van der Waals surface area contributed by atoms with Crippen molar-refractivity contribution in [3.63, 3.8) is 0 Å². The number of ether oxygens (including phenoxy) is 1. The summed E-state index contributed by atoms with van der Waals surface area (Å²) in [7, 11) is 1.74. The number of likely N-dealkylation sites (tertiary alicyclic amines) is 1. The van der Waals surface area contributed by atoms with Crippen LogP contribution < -0.4 is 10.6 Å². The molecule has 1 fully saturated rings. The van der Waals surface area contributed by atoms with Crippen molar-refractivity contribution in [3.05, 3.63) is 46.3 Å². The van der Waals surface area contributed by atoms with E-state index in [9.17, 15) is 9.59 Å². The van der Waals surface area contributed by atoms with Gasteiger partial charge in [0.05, 0.1) is 30.0 Å². The van der Waals surface area contributed by atoms with Crippen LogP contribution in [0, 0.1) is 11.3 Å². The van der Waals surface area contributed by atoms with E-state index in [1.165, 1.54) is 0 Å². The molecule has 1 unspecified atom stereocenters. The maximum absolute atomic E-state index is 13.7. The highest BCUT2D eigenvalue weighted by Crippen LogP contribution is 2.42. The molecule has 1 aromatic heterocycles. The molecule has 33 heavy (non-hydrogen) atoms. The van der Waals surface area contributed by atoms with Crippen molar-refractivity contribution in [2.45, 2.75) is 65.1 Å². The highest BCUT2D eigenvalue weighted by molar-refractivity contribution is 7.09. The Hall–Kier alpha value is -2.45. The Labute approximate surface area is 200 Å². The number of nitrogens with zero attached hydrogens (tertiary/aromatic N) is 2. The minimum absolute atomic E-state index is 0.0375. The number of amides is 2. The molecule has 0 bridgehead atoms. The number of carbonyl (C=O) groups excluding carboxylic acids is 2. The van der Waals surface area contributed by atoms with Crippen molar-refractivity contribution in [2.24, 2.45) is 11.3 Å². The first-order valence-electron chi connectivity index (χ1n) is 11.7. The Morgan fingerprint density at radius 3 is 2.85 bits per heavy atom. The minimum atomic E-state index is -0.603. The second kappa shape index (κ2) is 9.43. The normalized spacial score (nSPS) is 24.0. The zero-order valence-corrected chi connectivity index (χ0v) is 20.9. The molecule has 3 heterocycles. The highest BCUT2D eigenvalue weighted by atomic mass is 32.1. The summed E-state index contributed by atoms with van der Waals surface area (Å²) in [5.41, 5.74) is 1.62. The number of thiazole rings is 1. The quantitative estimate of drug-likeness (QED) is 0.661. The summed E-state index contributed by atoms with van der Waals surface area (Å²) in [6.45, 7) is 8.43. The van der Waals surface area contributed by atoms with Crippen molar-refractivity contribution in [1.82, 2.24) is 20.5 Å². The topological polar surface area (TPSA) is 83.6 Å². The lowest BCUT2D eigenvalue weighted by molar-refractivity contribution is -0.140. The first kappa shape index (κ1) is 23.7. The molecule has 4 rings (SSSR count). The summed E-state index contributed by atoms with van der Waals surface area (Å²) in [4.78, 5) is 33.1. The van der Waals surface area contributed by atoms with Gasteiger partial charge in [-0.15, -0.1) is 11.3 Å². The molecule has 0 radical (unpaired) electrons. The molecule has 2 aliphatic heterocycles. The predicted molar refractivity (Wildman–Crippen MR) is 130 cm³/mol. The summed E-state index contributed by atoms with van der Waals surface area (Å²) >= 11 is 1.60. The lowest BCUT2D eigenvalue weighted by Crippen LogP contribution is -2.57. The lowest BCUT2D eigenvalue weighted by atomic mass is 9.85. The molecule has 4 atom stereocenters. The molecule has 1 aromatic rings. The number of aromatic nitrogens is 1. The minimum Gasteiger partial charge on any atom is -0.468 e. The van der Waals surface area contributed by atoms with Crippen molar-refractivity contribution in [2.75, 3.05) is 13.6 Å². The van der Waals surface area contributed by atoms with Crippen LogP contribution in [0.1, 0.15) is 63.7 Å². The van der Waals surface area contributed by atoms with E-state index in [4.69, 9.17) is 9.72 Å². The van der Waals surface area contributed by atoms with Gasteiger partial charge in [-0.2, -0.15) is 0 Å². The first-order valence-corrected chi connectivity index (χ1v) is 12.6. The average molecular weight is 471 g/mol. The number of likely N-dealkylation sites (N-methyl/N-ethyl adjacent to an activating group) is 1. The molecule has 0 spiro atoms. The molecule has 2 amide bonds. The third-order valence-corrected chi connectivity index (χ3v) is 7.62. The molecule has 7 nitrogen and oxygen atoms in total. The fraction of sp³-hybridized carbons (Fsp3) is 0.560. The van der Waals surface area contributed by atoms with E-state index in [1.54, 1.807) is 25.3 Å². The molecule has 3 aliphatic rings. The Morgan fingerprint density at radius 1 is 1.33 bits per heavy atom. The van der Waals surface area contributed by atoms with E-state index < -0.39 is 11.5 Å². The lowest BCUT2D eigenvalue weighted by Gasteiger charge is -2.35.